The Bertz CT molecular complexity index is 2810. The van der Waals surface area contributed by atoms with E-state index >= 15 is 0 Å². The highest BCUT2D eigenvalue weighted by Crippen LogP contribution is 2.45. The maximum atomic E-state index is 5.28. The van der Waals surface area contributed by atoms with Crippen LogP contribution in [0.3, 0.4) is 0 Å². The Morgan fingerprint density at radius 3 is 1.54 bits per heavy atom. The standard InChI is InChI=1S/C43H25N5S2/c1-4-13-26(14-5-1)40-44-36-32-19-10-11-22-34(32)49-39(36)37(45-40)33-21-12-20-31-30-24-23-29(25-35(30)50-38(31)33)43-47-41(27-15-6-2-7-16-27)46-42(48-43)28-17-8-3-9-18-28/h1-25H. The average Bonchev–Trinajstić information content (AvgIpc) is 3.77. The third kappa shape index (κ3) is 4.86. The maximum Gasteiger partial charge on any atom is 0.164 e. The van der Waals surface area contributed by atoms with Gasteiger partial charge in [-0.15, -0.1) is 22.7 Å². The summed E-state index contributed by atoms with van der Waals surface area (Å²) in [4.78, 5) is 25.3. The van der Waals surface area contributed by atoms with Crippen LogP contribution < -0.4 is 0 Å². The van der Waals surface area contributed by atoms with E-state index in [9.17, 15) is 0 Å². The van der Waals surface area contributed by atoms with Gasteiger partial charge in [-0.2, -0.15) is 0 Å². The molecule has 0 radical (unpaired) electrons. The van der Waals surface area contributed by atoms with Gasteiger partial charge in [0.25, 0.3) is 0 Å². The zero-order valence-corrected chi connectivity index (χ0v) is 28.1. The molecule has 4 aromatic heterocycles. The van der Waals surface area contributed by atoms with E-state index in [1.165, 1.54) is 20.2 Å². The van der Waals surface area contributed by atoms with E-state index in [2.05, 4.69) is 72.8 Å². The number of hydrogen-bond acceptors (Lipinski definition) is 7. The van der Waals surface area contributed by atoms with Crippen molar-refractivity contribution in [2.45, 2.75) is 0 Å². The number of benzene rings is 6. The topological polar surface area (TPSA) is 64.5 Å². The second kappa shape index (κ2) is 11.8. The van der Waals surface area contributed by atoms with Crippen molar-refractivity contribution < 1.29 is 0 Å². The van der Waals surface area contributed by atoms with Crippen molar-refractivity contribution in [3.63, 3.8) is 0 Å². The van der Waals surface area contributed by atoms with Gasteiger partial charge in [0.15, 0.2) is 23.3 Å². The largest absolute Gasteiger partial charge is 0.226 e. The quantitative estimate of drug-likeness (QED) is 0.182. The lowest BCUT2D eigenvalue weighted by molar-refractivity contribution is 1.07. The molecule has 0 aliphatic heterocycles. The summed E-state index contributed by atoms with van der Waals surface area (Å²) in [6.45, 7) is 0. The van der Waals surface area contributed by atoms with Crippen molar-refractivity contribution in [1.82, 2.24) is 24.9 Å². The van der Waals surface area contributed by atoms with E-state index in [4.69, 9.17) is 24.9 Å². The van der Waals surface area contributed by atoms with Crippen LogP contribution in [0.5, 0.6) is 0 Å². The number of thiophene rings is 2. The first-order valence-electron chi connectivity index (χ1n) is 16.3. The summed E-state index contributed by atoms with van der Waals surface area (Å²) in [5.74, 6) is 2.68. The molecule has 50 heavy (non-hydrogen) atoms. The Balaban J connectivity index is 1.17. The van der Waals surface area contributed by atoms with Crippen molar-refractivity contribution in [2.24, 2.45) is 0 Å². The fourth-order valence-corrected chi connectivity index (χ4v) is 8.95. The molecule has 7 heteroatoms. The number of nitrogens with zero attached hydrogens (tertiary/aromatic N) is 5. The van der Waals surface area contributed by atoms with Crippen molar-refractivity contribution >= 4 is 63.1 Å². The van der Waals surface area contributed by atoms with Crippen LogP contribution in [0.2, 0.25) is 0 Å². The molecule has 10 aromatic rings. The number of fused-ring (bicyclic) bond motifs is 6. The molecule has 5 nitrogen and oxygen atoms in total. The van der Waals surface area contributed by atoms with Crippen LogP contribution >= 0.6 is 22.7 Å². The van der Waals surface area contributed by atoms with E-state index in [-0.39, 0.29) is 0 Å². The summed E-state index contributed by atoms with van der Waals surface area (Å²) in [7, 11) is 0. The Kier molecular flexibility index (Phi) is 6.79. The third-order valence-corrected chi connectivity index (χ3v) is 11.3. The normalized spacial score (nSPS) is 11.6. The van der Waals surface area contributed by atoms with E-state index in [1.54, 1.807) is 22.7 Å². The van der Waals surface area contributed by atoms with Gasteiger partial charge in [0.1, 0.15) is 0 Å². The summed E-state index contributed by atoms with van der Waals surface area (Å²) in [5.41, 5.74) is 6.92. The number of hydrogen-bond donors (Lipinski definition) is 0. The van der Waals surface area contributed by atoms with Crippen molar-refractivity contribution in [3.05, 3.63) is 152 Å². The predicted molar refractivity (Wildman–Crippen MR) is 208 cm³/mol. The van der Waals surface area contributed by atoms with Gasteiger partial charge in [-0.3, -0.25) is 0 Å². The van der Waals surface area contributed by atoms with Gasteiger partial charge >= 0.3 is 0 Å². The summed E-state index contributed by atoms with van der Waals surface area (Å²) < 4.78 is 4.67. The zero-order chi connectivity index (χ0) is 33.0. The molecule has 0 N–H and O–H groups in total. The Morgan fingerprint density at radius 1 is 0.340 bits per heavy atom. The molecule has 234 valence electrons. The first-order valence-corrected chi connectivity index (χ1v) is 18.0. The smallest absolute Gasteiger partial charge is 0.164 e. The summed E-state index contributed by atoms with van der Waals surface area (Å²) >= 11 is 3.54. The van der Waals surface area contributed by atoms with Crippen LogP contribution in [0, 0.1) is 0 Å². The highest BCUT2D eigenvalue weighted by atomic mass is 32.1. The Labute approximate surface area is 295 Å². The molecule has 0 saturated carbocycles. The van der Waals surface area contributed by atoms with Crippen molar-refractivity contribution in [1.29, 1.82) is 0 Å². The first kappa shape index (κ1) is 28.8. The zero-order valence-electron chi connectivity index (χ0n) is 26.5. The second-order valence-corrected chi connectivity index (χ2v) is 14.2. The molecular formula is C43H25N5S2. The maximum absolute atomic E-state index is 5.28. The van der Waals surface area contributed by atoms with Gasteiger partial charge in [0.2, 0.25) is 0 Å². The van der Waals surface area contributed by atoms with Crippen LogP contribution in [-0.2, 0) is 0 Å². The minimum atomic E-state index is 0.646. The SMILES string of the molecule is c1ccc(-c2nc(-c3ccccc3)nc(-c3ccc4c(c3)sc3c(-c5nc(-c6ccccc6)nc6c5sc5ccccc56)cccc34)n2)cc1. The predicted octanol–water partition coefficient (Wildman–Crippen LogP) is 11.7. The van der Waals surface area contributed by atoms with Crippen LogP contribution in [0.15, 0.2) is 152 Å². The van der Waals surface area contributed by atoms with Crippen molar-refractivity contribution in [2.75, 3.05) is 0 Å². The van der Waals surface area contributed by atoms with Crippen molar-refractivity contribution in [3.8, 4) is 56.8 Å². The van der Waals surface area contributed by atoms with Gasteiger partial charge in [-0.1, -0.05) is 140 Å². The van der Waals surface area contributed by atoms with Gasteiger partial charge in [0, 0.05) is 58.1 Å². The summed E-state index contributed by atoms with van der Waals surface area (Å²) in [6.07, 6.45) is 0. The molecule has 0 atom stereocenters. The summed E-state index contributed by atoms with van der Waals surface area (Å²) in [5, 5.41) is 3.55. The molecule has 0 bridgehead atoms. The van der Waals surface area contributed by atoms with E-state index < -0.39 is 0 Å². The molecule has 0 unspecified atom stereocenters. The lowest BCUT2D eigenvalue weighted by Crippen LogP contribution is -1.99. The first-order chi connectivity index (χ1) is 24.8. The summed E-state index contributed by atoms with van der Waals surface area (Å²) in [6, 6.07) is 52.0. The monoisotopic (exact) mass is 675 g/mol. The molecule has 0 saturated heterocycles. The van der Waals surface area contributed by atoms with E-state index in [0.717, 1.165) is 59.6 Å². The minimum absolute atomic E-state index is 0.646. The van der Waals surface area contributed by atoms with E-state index in [0.29, 0.717) is 17.5 Å². The molecule has 10 rings (SSSR count). The van der Waals surface area contributed by atoms with Crippen LogP contribution in [0.4, 0.5) is 0 Å². The number of rotatable bonds is 5. The van der Waals surface area contributed by atoms with Crippen LogP contribution in [0.25, 0.3) is 97.3 Å². The van der Waals surface area contributed by atoms with Gasteiger partial charge in [-0.25, -0.2) is 24.9 Å². The van der Waals surface area contributed by atoms with Gasteiger partial charge in [0.05, 0.1) is 15.9 Å². The van der Waals surface area contributed by atoms with Gasteiger partial charge < -0.3 is 0 Å². The molecule has 0 aliphatic carbocycles. The molecular weight excluding hydrogens is 651 g/mol. The lowest BCUT2D eigenvalue weighted by Gasteiger charge is -2.08. The molecule has 0 aliphatic rings. The fraction of sp³-hybridized carbons (Fsp3) is 0. The van der Waals surface area contributed by atoms with E-state index in [1.807, 2.05) is 78.9 Å². The Hall–Kier alpha value is -6.15. The highest BCUT2D eigenvalue weighted by Gasteiger charge is 2.20. The lowest BCUT2D eigenvalue weighted by atomic mass is 10.0. The molecule has 0 fully saturated rings. The highest BCUT2D eigenvalue weighted by molar-refractivity contribution is 7.27. The van der Waals surface area contributed by atoms with Crippen LogP contribution in [-0.4, -0.2) is 24.9 Å². The average molecular weight is 676 g/mol. The molecule has 0 amide bonds. The second-order valence-electron chi connectivity index (χ2n) is 12.1. The molecule has 6 aromatic carbocycles. The fourth-order valence-electron chi connectivity index (χ4n) is 6.55. The Morgan fingerprint density at radius 2 is 0.880 bits per heavy atom. The van der Waals surface area contributed by atoms with Gasteiger partial charge in [-0.05, 0) is 12.1 Å². The molecule has 4 heterocycles. The molecule has 0 spiro atoms. The third-order valence-electron chi connectivity index (χ3n) is 8.96. The number of aromatic nitrogens is 5. The van der Waals surface area contributed by atoms with Crippen LogP contribution in [0.1, 0.15) is 0 Å². The minimum Gasteiger partial charge on any atom is -0.226 e.